The molecule has 0 aromatic heterocycles. The monoisotopic (exact) mass is 385 g/mol. The lowest BCUT2D eigenvalue weighted by atomic mass is 10.1. The van der Waals surface area contributed by atoms with E-state index in [1.807, 2.05) is 32.9 Å². The van der Waals surface area contributed by atoms with E-state index in [4.69, 9.17) is 25.9 Å². The minimum atomic E-state index is -0.764. The second-order valence-electron chi connectivity index (χ2n) is 6.17. The molecule has 0 saturated carbocycles. The number of aryl methyl sites for hydroxylation is 2. The molecule has 0 bridgehead atoms. The Bertz CT molecular complexity index is 609. The molecule has 0 aliphatic heterocycles. The highest BCUT2D eigenvalue weighted by atomic mass is 35.5. The van der Waals surface area contributed by atoms with Crippen LogP contribution in [0.4, 0.5) is 4.39 Å². The van der Waals surface area contributed by atoms with Crippen LogP contribution in [-0.2, 0) is 11.3 Å². The first-order valence-corrected chi connectivity index (χ1v) is 9.35. The van der Waals surface area contributed by atoms with E-state index in [0.29, 0.717) is 19.0 Å². The molecule has 0 fully saturated rings. The molecule has 0 heterocycles. The molecule has 4 nitrogen and oxygen atoms in total. The summed E-state index contributed by atoms with van der Waals surface area (Å²) in [6.07, 6.45) is 4.95. The number of hydrogen-bond donors (Lipinski definition) is 0. The largest absolute Gasteiger partial charge is 0.493 e. The maximum atomic E-state index is 12.5. The molecule has 6 heteroatoms. The first-order chi connectivity index (χ1) is 12.4. The lowest BCUT2D eigenvalue weighted by molar-refractivity contribution is 0.138. The number of rotatable bonds is 12. The van der Waals surface area contributed by atoms with Gasteiger partial charge < -0.3 is 14.3 Å². The summed E-state index contributed by atoms with van der Waals surface area (Å²) < 4.78 is 24.0. The average molecular weight is 386 g/mol. The Labute approximate surface area is 161 Å². The fourth-order valence-corrected chi connectivity index (χ4v) is 2.42. The molecular weight excluding hydrogens is 357 g/mol. The van der Waals surface area contributed by atoms with Crippen LogP contribution >= 0.6 is 11.6 Å². The van der Waals surface area contributed by atoms with Crippen molar-refractivity contribution in [3.63, 3.8) is 0 Å². The van der Waals surface area contributed by atoms with Crippen LogP contribution in [0.5, 0.6) is 11.5 Å². The highest BCUT2D eigenvalue weighted by Gasteiger charge is 2.09. The van der Waals surface area contributed by atoms with Crippen LogP contribution in [0, 0.1) is 6.92 Å². The maximum absolute atomic E-state index is 12.5. The van der Waals surface area contributed by atoms with Crippen molar-refractivity contribution in [2.75, 3.05) is 19.8 Å². The molecule has 1 aromatic rings. The van der Waals surface area contributed by atoms with Gasteiger partial charge in [-0.1, -0.05) is 23.7 Å². The number of ether oxygens (including phenoxy) is 2. The van der Waals surface area contributed by atoms with E-state index < -0.39 is 5.29 Å². The minimum absolute atomic E-state index is 0.0990. The Morgan fingerprint density at radius 1 is 1.15 bits per heavy atom. The summed E-state index contributed by atoms with van der Waals surface area (Å²) in [5.41, 5.74) is 3.00. The lowest BCUT2D eigenvalue weighted by Gasteiger charge is -2.15. The second kappa shape index (κ2) is 12.6. The molecule has 0 aliphatic rings. The number of oxime groups is 1. The molecule has 0 spiro atoms. The van der Waals surface area contributed by atoms with E-state index in [1.165, 1.54) is 6.08 Å². The Kier molecular flexibility index (Phi) is 10.8. The molecule has 0 radical (unpaired) electrons. The van der Waals surface area contributed by atoms with Gasteiger partial charge in [0.05, 0.1) is 12.3 Å². The van der Waals surface area contributed by atoms with Gasteiger partial charge in [-0.2, -0.15) is 4.39 Å². The van der Waals surface area contributed by atoms with Crippen molar-refractivity contribution in [1.29, 1.82) is 0 Å². The first kappa shape index (κ1) is 22.3. The Balaban J connectivity index is 2.46. The number of nitrogens with zero attached hydrogens (tertiary/aromatic N) is 1. The Morgan fingerprint density at radius 2 is 1.88 bits per heavy atom. The van der Waals surface area contributed by atoms with Crippen molar-refractivity contribution in [1.82, 2.24) is 0 Å². The molecule has 1 aromatic carbocycles. The summed E-state index contributed by atoms with van der Waals surface area (Å²) in [6, 6.07) is 3.83. The lowest BCUT2D eigenvalue weighted by Crippen LogP contribution is -2.04. The molecule has 1 rings (SSSR count). The Morgan fingerprint density at radius 3 is 2.54 bits per heavy atom. The van der Waals surface area contributed by atoms with E-state index in [-0.39, 0.29) is 6.61 Å². The third kappa shape index (κ3) is 9.09. The summed E-state index contributed by atoms with van der Waals surface area (Å²) in [7, 11) is 0. The predicted molar refractivity (Wildman–Crippen MR) is 105 cm³/mol. The summed E-state index contributed by atoms with van der Waals surface area (Å²) in [5, 5.41) is 3.14. The molecule has 26 heavy (non-hydrogen) atoms. The zero-order valence-corrected chi connectivity index (χ0v) is 16.9. The fourth-order valence-electron chi connectivity index (χ4n) is 2.36. The van der Waals surface area contributed by atoms with Crippen molar-refractivity contribution >= 4 is 17.3 Å². The number of benzene rings is 1. The zero-order valence-electron chi connectivity index (χ0n) is 16.1. The smallest absolute Gasteiger partial charge is 0.188 e. The van der Waals surface area contributed by atoms with Gasteiger partial charge in [-0.05, 0) is 69.7 Å². The topological polar surface area (TPSA) is 40.0 Å². The van der Waals surface area contributed by atoms with Gasteiger partial charge in [0, 0.05) is 6.08 Å². The number of unbranched alkanes of at least 4 members (excludes halogenated alkanes) is 2. The fraction of sp³-hybridized carbons (Fsp3) is 0.550. The molecule has 0 aliphatic carbocycles. The Hall–Kier alpha value is -1.75. The van der Waals surface area contributed by atoms with Gasteiger partial charge in [-0.15, -0.1) is 0 Å². The van der Waals surface area contributed by atoms with Gasteiger partial charge in [-0.3, -0.25) is 0 Å². The quantitative estimate of drug-likeness (QED) is 0.253. The van der Waals surface area contributed by atoms with Crippen LogP contribution in [0.3, 0.4) is 0 Å². The van der Waals surface area contributed by atoms with Gasteiger partial charge in [-0.25, -0.2) is 0 Å². The predicted octanol–water partition coefficient (Wildman–Crippen LogP) is 5.95. The van der Waals surface area contributed by atoms with Crippen LogP contribution in [0.2, 0.25) is 0 Å². The molecular formula is C20H29ClFNO3. The van der Waals surface area contributed by atoms with Crippen LogP contribution in [0.25, 0.3) is 0 Å². The van der Waals surface area contributed by atoms with Crippen molar-refractivity contribution in [3.8, 4) is 11.5 Å². The summed E-state index contributed by atoms with van der Waals surface area (Å²) in [4.78, 5) is 5.17. The molecule has 146 valence electrons. The van der Waals surface area contributed by atoms with Crippen LogP contribution in [-0.4, -0.2) is 25.5 Å². The summed E-state index contributed by atoms with van der Waals surface area (Å²) in [5.74, 6) is 1.59. The summed E-state index contributed by atoms with van der Waals surface area (Å²) >= 11 is 5.16. The van der Waals surface area contributed by atoms with E-state index in [9.17, 15) is 4.39 Å². The van der Waals surface area contributed by atoms with Crippen molar-refractivity contribution in [2.45, 2.75) is 53.4 Å². The first-order valence-electron chi connectivity index (χ1n) is 8.97. The van der Waals surface area contributed by atoms with Crippen LogP contribution < -0.4 is 9.47 Å². The van der Waals surface area contributed by atoms with Gasteiger partial charge >= 0.3 is 0 Å². The van der Waals surface area contributed by atoms with Crippen molar-refractivity contribution < 1.29 is 18.7 Å². The van der Waals surface area contributed by atoms with E-state index in [0.717, 1.165) is 48.3 Å². The number of halogens is 2. The van der Waals surface area contributed by atoms with Gasteiger partial charge in [0.25, 0.3) is 0 Å². The molecule has 0 atom stereocenters. The third-order valence-electron chi connectivity index (χ3n) is 3.57. The zero-order chi connectivity index (χ0) is 19.4. The maximum Gasteiger partial charge on any atom is 0.188 e. The summed E-state index contributed by atoms with van der Waals surface area (Å²) in [6.45, 7) is 9.25. The van der Waals surface area contributed by atoms with Crippen molar-refractivity contribution in [2.24, 2.45) is 5.16 Å². The highest BCUT2D eigenvalue weighted by molar-refractivity contribution is 6.28. The minimum Gasteiger partial charge on any atom is -0.493 e. The molecule has 0 unspecified atom stereocenters. The van der Waals surface area contributed by atoms with E-state index >= 15 is 0 Å². The highest BCUT2D eigenvalue weighted by Crippen LogP contribution is 2.30. The van der Waals surface area contributed by atoms with E-state index in [2.05, 4.69) is 12.1 Å². The standard InChI is InChI=1S/C20H29ClFNO3/c1-5-17-14-18(24-12-9-19(21)22)13-16(4)20(17)25-10-7-6-8-11-26-23-15(2)3/h9,13-14H,5-8,10-12H2,1-4H3/b19-9-. The normalized spacial score (nSPS) is 11.2. The van der Waals surface area contributed by atoms with Gasteiger partial charge in [0.1, 0.15) is 24.7 Å². The molecule has 0 N–H and O–H groups in total. The second-order valence-corrected chi connectivity index (χ2v) is 6.53. The SMILES string of the molecule is CCc1cc(OC/C=C(\F)Cl)cc(C)c1OCCCCCON=C(C)C. The molecule has 0 amide bonds. The van der Waals surface area contributed by atoms with Crippen LogP contribution in [0.15, 0.2) is 28.7 Å². The van der Waals surface area contributed by atoms with Gasteiger partial charge in [0.15, 0.2) is 5.29 Å². The average Bonchev–Trinajstić information content (AvgIpc) is 2.57. The van der Waals surface area contributed by atoms with Crippen molar-refractivity contribution in [3.05, 3.63) is 34.6 Å². The van der Waals surface area contributed by atoms with E-state index in [1.54, 1.807) is 0 Å². The van der Waals surface area contributed by atoms with Gasteiger partial charge in [0.2, 0.25) is 0 Å². The third-order valence-corrected chi connectivity index (χ3v) is 3.72. The number of hydrogen-bond acceptors (Lipinski definition) is 4. The van der Waals surface area contributed by atoms with Crippen LogP contribution in [0.1, 0.15) is 51.2 Å². The molecule has 0 saturated heterocycles.